The summed E-state index contributed by atoms with van der Waals surface area (Å²) in [5, 5.41) is 20.8. The van der Waals surface area contributed by atoms with Crippen molar-refractivity contribution < 1.29 is 15.1 Å². The van der Waals surface area contributed by atoms with Crippen LogP contribution in [-0.2, 0) is 6.54 Å². The Balaban J connectivity index is 1.64. The summed E-state index contributed by atoms with van der Waals surface area (Å²) in [6.07, 6.45) is 2.28. The van der Waals surface area contributed by atoms with Crippen LogP contribution >= 0.6 is 0 Å². The summed E-state index contributed by atoms with van der Waals surface area (Å²) in [6, 6.07) is 19.2. The number of hydrogen-bond donors (Lipinski definition) is 4. The van der Waals surface area contributed by atoms with Gasteiger partial charge in [-0.15, -0.1) is 0 Å². The van der Waals surface area contributed by atoms with Crippen LogP contribution in [-0.4, -0.2) is 34.4 Å². The van der Waals surface area contributed by atoms with E-state index in [1.807, 2.05) is 48.5 Å². The van der Waals surface area contributed by atoms with Gasteiger partial charge in [-0.1, -0.05) is 36.1 Å². The number of carbonyl (C=O) groups is 1. The normalized spacial score (nSPS) is 10.2. The van der Waals surface area contributed by atoms with E-state index in [4.69, 9.17) is 10.3 Å². The number of hydroxylamine groups is 1. The summed E-state index contributed by atoms with van der Waals surface area (Å²) in [6.45, 7) is 1.77. The lowest BCUT2D eigenvalue weighted by atomic mass is 10.0. The molecule has 30 heavy (non-hydrogen) atoms. The zero-order chi connectivity index (χ0) is 21.2. The average Bonchev–Trinajstić information content (AvgIpc) is 2.81. The second-order valence-corrected chi connectivity index (χ2v) is 6.65. The molecule has 0 spiro atoms. The van der Waals surface area contributed by atoms with Crippen LogP contribution in [0.4, 0.5) is 0 Å². The molecule has 0 saturated heterocycles. The smallest absolute Gasteiger partial charge is 0.293 e. The van der Waals surface area contributed by atoms with Gasteiger partial charge in [-0.05, 0) is 66.1 Å². The highest BCUT2D eigenvalue weighted by atomic mass is 16.5. The van der Waals surface area contributed by atoms with Crippen molar-refractivity contribution in [1.82, 2.24) is 15.8 Å². The number of carbonyl (C=O) groups excluding carboxylic acids is 1. The van der Waals surface area contributed by atoms with E-state index in [0.717, 1.165) is 41.8 Å². The van der Waals surface area contributed by atoms with E-state index in [1.165, 1.54) is 11.8 Å². The largest absolute Gasteiger partial charge is 0.396 e. The Bertz CT molecular complexity index is 1040. The van der Waals surface area contributed by atoms with E-state index in [2.05, 4.69) is 22.1 Å². The van der Waals surface area contributed by atoms with Crippen LogP contribution in [0, 0.1) is 11.8 Å². The molecule has 0 unspecified atom stereocenters. The number of aromatic nitrogens is 1. The van der Waals surface area contributed by atoms with Crippen molar-refractivity contribution in [1.29, 1.82) is 0 Å². The fourth-order valence-electron chi connectivity index (χ4n) is 2.82. The molecule has 1 aromatic heterocycles. The highest BCUT2D eigenvalue weighted by Crippen LogP contribution is 2.20. The number of hydrogen-bond acceptors (Lipinski definition) is 5. The number of aliphatic hydroxyl groups excluding tert-OH is 1. The van der Waals surface area contributed by atoms with Gasteiger partial charge in [0, 0.05) is 30.5 Å². The van der Waals surface area contributed by atoms with Crippen molar-refractivity contribution >= 4 is 5.91 Å². The lowest BCUT2D eigenvalue weighted by Crippen LogP contribution is -2.19. The summed E-state index contributed by atoms with van der Waals surface area (Å²) < 4.78 is 0. The standard InChI is InChI=1S/C24H23N3O3/c28-15-1-13-25-17-20-6-4-18(5-7-20)2-3-19-8-10-21(11-9-19)22-12-14-26-23(16-22)24(29)27-30/h4-12,14,16,25,28,30H,1,13,15,17H2,(H,27,29). The van der Waals surface area contributed by atoms with E-state index in [1.54, 1.807) is 17.6 Å². The number of nitrogens with one attached hydrogen (secondary N) is 2. The maximum absolute atomic E-state index is 11.5. The summed E-state index contributed by atoms with van der Waals surface area (Å²) in [5.41, 5.74) is 6.48. The number of benzene rings is 2. The van der Waals surface area contributed by atoms with Crippen LogP contribution in [0.1, 0.15) is 33.6 Å². The van der Waals surface area contributed by atoms with Gasteiger partial charge in [0.1, 0.15) is 5.69 Å². The third kappa shape index (κ3) is 6.00. The van der Waals surface area contributed by atoms with Gasteiger partial charge in [0.15, 0.2) is 0 Å². The Hall–Kier alpha value is -3.50. The van der Waals surface area contributed by atoms with Crippen LogP contribution in [0.15, 0.2) is 66.9 Å². The predicted molar refractivity (Wildman–Crippen MR) is 115 cm³/mol. The van der Waals surface area contributed by atoms with Crippen LogP contribution in [0.5, 0.6) is 0 Å². The van der Waals surface area contributed by atoms with Crippen molar-refractivity contribution in [2.24, 2.45) is 0 Å². The molecule has 0 atom stereocenters. The van der Waals surface area contributed by atoms with Gasteiger partial charge in [-0.25, -0.2) is 5.48 Å². The van der Waals surface area contributed by atoms with Crippen molar-refractivity contribution in [3.05, 3.63) is 89.2 Å². The molecule has 4 N–H and O–H groups in total. The maximum Gasteiger partial charge on any atom is 0.293 e. The van der Waals surface area contributed by atoms with Gasteiger partial charge in [-0.3, -0.25) is 15.0 Å². The minimum absolute atomic E-state index is 0.144. The first-order chi connectivity index (χ1) is 14.7. The van der Waals surface area contributed by atoms with E-state index in [0.29, 0.717) is 0 Å². The molecule has 0 radical (unpaired) electrons. The van der Waals surface area contributed by atoms with Crippen molar-refractivity contribution in [2.75, 3.05) is 13.2 Å². The first kappa shape index (κ1) is 21.2. The number of aliphatic hydroxyl groups is 1. The SMILES string of the molecule is O=C(NO)c1cc(-c2ccc(C#Cc3ccc(CNCCCO)cc3)cc2)ccn1. The Morgan fingerprint density at radius 1 is 0.933 bits per heavy atom. The van der Waals surface area contributed by atoms with Crippen molar-refractivity contribution in [2.45, 2.75) is 13.0 Å². The van der Waals surface area contributed by atoms with Crippen LogP contribution in [0.25, 0.3) is 11.1 Å². The molecule has 3 aromatic rings. The summed E-state index contributed by atoms with van der Waals surface area (Å²) >= 11 is 0. The van der Waals surface area contributed by atoms with E-state index in [-0.39, 0.29) is 12.3 Å². The highest BCUT2D eigenvalue weighted by molar-refractivity contribution is 5.92. The molecule has 0 fully saturated rings. The molecule has 0 saturated carbocycles. The predicted octanol–water partition coefficient (Wildman–Crippen LogP) is 2.74. The van der Waals surface area contributed by atoms with E-state index in [9.17, 15) is 4.79 Å². The Kier molecular flexibility index (Phi) is 7.70. The quantitative estimate of drug-likeness (QED) is 0.211. The summed E-state index contributed by atoms with van der Waals surface area (Å²) in [5.74, 6) is 5.67. The van der Waals surface area contributed by atoms with Gasteiger partial charge in [0.05, 0.1) is 0 Å². The third-order valence-corrected chi connectivity index (χ3v) is 4.46. The molecule has 0 aliphatic heterocycles. The molecule has 2 aromatic carbocycles. The zero-order valence-electron chi connectivity index (χ0n) is 16.4. The Morgan fingerprint density at radius 3 is 2.23 bits per heavy atom. The van der Waals surface area contributed by atoms with Gasteiger partial charge in [-0.2, -0.15) is 0 Å². The van der Waals surface area contributed by atoms with Gasteiger partial charge in [0.2, 0.25) is 0 Å². The van der Waals surface area contributed by atoms with Gasteiger partial charge in [0.25, 0.3) is 5.91 Å². The first-order valence-corrected chi connectivity index (χ1v) is 9.63. The molecular weight excluding hydrogens is 378 g/mol. The topological polar surface area (TPSA) is 94.5 Å². The number of nitrogens with zero attached hydrogens (tertiary/aromatic N) is 1. The number of pyridine rings is 1. The number of amides is 1. The van der Waals surface area contributed by atoms with Crippen LogP contribution in [0.2, 0.25) is 0 Å². The lowest BCUT2D eigenvalue weighted by Gasteiger charge is -2.04. The molecule has 0 aliphatic rings. The van der Waals surface area contributed by atoms with E-state index < -0.39 is 5.91 Å². The van der Waals surface area contributed by atoms with Crippen LogP contribution < -0.4 is 10.8 Å². The fourth-order valence-corrected chi connectivity index (χ4v) is 2.82. The minimum atomic E-state index is -0.647. The molecule has 0 bridgehead atoms. The lowest BCUT2D eigenvalue weighted by molar-refractivity contribution is 0.0701. The molecule has 1 amide bonds. The summed E-state index contributed by atoms with van der Waals surface area (Å²) in [7, 11) is 0. The zero-order valence-corrected chi connectivity index (χ0v) is 16.4. The fraction of sp³-hybridized carbons (Fsp3) is 0.167. The monoisotopic (exact) mass is 401 g/mol. The second kappa shape index (κ2) is 10.9. The maximum atomic E-state index is 11.5. The molecule has 6 heteroatoms. The molecule has 0 aliphatic carbocycles. The van der Waals surface area contributed by atoms with E-state index >= 15 is 0 Å². The average molecular weight is 401 g/mol. The third-order valence-electron chi connectivity index (χ3n) is 4.46. The number of rotatable bonds is 7. The van der Waals surface area contributed by atoms with Gasteiger partial charge >= 0.3 is 0 Å². The molecule has 1 heterocycles. The molecule has 152 valence electrons. The minimum Gasteiger partial charge on any atom is -0.396 e. The van der Waals surface area contributed by atoms with Crippen LogP contribution in [0.3, 0.4) is 0 Å². The Labute approximate surface area is 175 Å². The first-order valence-electron chi connectivity index (χ1n) is 9.63. The summed E-state index contributed by atoms with van der Waals surface area (Å²) in [4.78, 5) is 15.5. The molecule has 3 rings (SSSR count). The Morgan fingerprint density at radius 2 is 1.60 bits per heavy atom. The second-order valence-electron chi connectivity index (χ2n) is 6.65. The molecule has 6 nitrogen and oxygen atoms in total. The van der Waals surface area contributed by atoms with Crippen molar-refractivity contribution in [3.63, 3.8) is 0 Å². The van der Waals surface area contributed by atoms with Gasteiger partial charge < -0.3 is 10.4 Å². The molecular formula is C24H23N3O3. The van der Waals surface area contributed by atoms with Crippen molar-refractivity contribution in [3.8, 4) is 23.0 Å². The highest BCUT2D eigenvalue weighted by Gasteiger charge is 2.07.